The van der Waals surface area contributed by atoms with Gasteiger partial charge < -0.3 is 5.11 Å². The van der Waals surface area contributed by atoms with E-state index >= 15 is 0 Å². The number of benzene rings is 1. The maximum Gasteiger partial charge on any atom is 0.335 e. The highest BCUT2D eigenvalue weighted by atomic mass is 16.4. The molecule has 3 nitrogen and oxygen atoms in total. The third-order valence-electron chi connectivity index (χ3n) is 2.61. The fraction of sp³-hybridized carbons (Fsp3) is 0.286. The van der Waals surface area contributed by atoms with Crippen molar-refractivity contribution >= 4 is 16.9 Å². The molecule has 0 radical (unpaired) electrons. The summed E-state index contributed by atoms with van der Waals surface area (Å²) in [6, 6.07) is 9.02. The lowest BCUT2D eigenvalue weighted by Crippen LogP contribution is -1.99. The summed E-state index contributed by atoms with van der Waals surface area (Å²) in [5.74, 6) is -0.370. The number of hydrogen-bond acceptors (Lipinski definition) is 2. The molecule has 0 amide bonds. The molecule has 0 aliphatic rings. The average Bonchev–Trinajstić information content (AvgIpc) is 2.27. The molecule has 1 heterocycles. The molecule has 0 saturated carbocycles. The van der Waals surface area contributed by atoms with Crippen molar-refractivity contribution in [2.45, 2.75) is 20.3 Å². The predicted molar refractivity (Wildman–Crippen MR) is 67.2 cm³/mol. The molecule has 0 aliphatic heterocycles. The van der Waals surface area contributed by atoms with Gasteiger partial charge in [0.1, 0.15) is 0 Å². The molecule has 3 heteroatoms. The molecule has 0 atom stereocenters. The van der Waals surface area contributed by atoms with Crippen molar-refractivity contribution in [1.29, 1.82) is 0 Å². The average molecular weight is 229 g/mol. The zero-order valence-electron chi connectivity index (χ0n) is 9.97. The van der Waals surface area contributed by atoms with Gasteiger partial charge >= 0.3 is 5.97 Å². The second kappa shape index (κ2) is 4.53. The third-order valence-corrected chi connectivity index (χ3v) is 2.61. The van der Waals surface area contributed by atoms with Crippen molar-refractivity contribution < 1.29 is 9.90 Å². The van der Waals surface area contributed by atoms with Crippen molar-refractivity contribution in [2.75, 3.05) is 0 Å². The van der Waals surface area contributed by atoms with Crippen LogP contribution in [0.1, 0.15) is 29.9 Å². The van der Waals surface area contributed by atoms with Crippen LogP contribution in [0.2, 0.25) is 0 Å². The fourth-order valence-corrected chi connectivity index (χ4v) is 1.82. The quantitative estimate of drug-likeness (QED) is 0.879. The van der Waals surface area contributed by atoms with Gasteiger partial charge in [-0.3, -0.25) is 4.98 Å². The Balaban J connectivity index is 2.47. The smallest absolute Gasteiger partial charge is 0.335 e. The van der Waals surface area contributed by atoms with E-state index in [4.69, 9.17) is 5.11 Å². The highest BCUT2D eigenvalue weighted by molar-refractivity contribution is 5.93. The number of carboxylic acid groups (broad SMARTS) is 1. The summed E-state index contributed by atoms with van der Waals surface area (Å²) in [7, 11) is 0. The number of carbonyl (C=O) groups is 1. The Morgan fingerprint density at radius 2 is 2.00 bits per heavy atom. The second-order valence-corrected chi connectivity index (χ2v) is 4.61. The topological polar surface area (TPSA) is 50.2 Å². The summed E-state index contributed by atoms with van der Waals surface area (Å²) >= 11 is 0. The number of fused-ring (bicyclic) bond motifs is 1. The minimum absolute atomic E-state index is 0.284. The van der Waals surface area contributed by atoms with Crippen LogP contribution in [0.15, 0.2) is 30.3 Å². The van der Waals surface area contributed by atoms with E-state index in [0.29, 0.717) is 5.92 Å². The van der Waals surface area contributed by atoms with Crippen LogP contribution in [0.4, 0.5) is 0 Å². The molecule has 0 bridgehead atoms. The molecule has 2 aromatic rings. The van der Waals surface area contributed by atoms with Crippen molar-refractivity contribution in [3.8, 4) is 0 Å². The van der Waals surface area contributed by atoms with E-state index in [9.17, 15) is 4.79 Å². The normalized spacial score (nSPS) is 11.0. The molecule has 17 heavy (non-hydrogen) atoms. The van der Waals surface area contributed by atoms with Gasteiger partial charge in [0.2, 0.25) is 0 Å². The van der Waals surface area contributed by atoms with Crippen molar-refractivity contribution in [2.24, 2.45) is 5.92 Å². The summed E-state index contributed by atoms with van der Waals surface area (Å²) in [5.41, 5.74) is 2.05. The van der Waals surface area contributed by atoms with Gasteiger partial charge in [0.25, 0.3) is 0 Å². The number of pyridine rings is 1. The first-order valence-electron chi connectivity index (χ1n) is 5.69. The van der Waals surface area contributed by atoms with Crippen LogP contribution in [-0.4, -0.2) is 16.1 Å². The summed E-state index contributed by atoms with van der Waals surface area (Å²) < 4.78 is 0. The zero-order chi connectivity index (χ0) is 12.4. The zero-order valence-corrected chi connectivity index (χ0v) is 9.97. The number of nitrogens with zero attached hydrogens (tertiary/aromatic N) is 1. The van der Waals surface area contributed by atoms with Gasteiger partial charge in [0.15, 0.2) is 0 Å². The molecule has 1 N–H and O–H groups in total. The number of aromatic carboxylic acids is 1. The van der Waals surface area contributed by atoms with Crippen molar-refractivity contribution in [3.63, 3.8) is 0 Å². The van der Waals surface area contributed by atoms with E-state index in [0.717, 1.165) is 23.0 Å². The first-order chi connectivity index (χ1) is 8.06. The highest BCUT2D eigenvalue weighted by Crippen LogP contribution is 2.16. The Hall–Kier alpha value is -1.90. The molecular weight excluding hydrogens is 214 g/mol. The van der Waals surface area contributed by atoms with Crippen molar-refractivity contribution in [1.82, 2.24) is 4.98 Å². The minimum Gasteiger partial charge on any atom is -0.478 e. The minimum atomic E-state index is -0.914. The molecule has 88 valence electrons. The molecule has 0 aliphatic carbocycles. The maximum absolute atomic E-state index is 10.9. The van der Waals surface area contributed by atoms with Gasteiger partial charge in [-0.2, -0.15) is 0 Å². The first kappa shape index (κ1) is 11.6. The monoisotopic (exact) mass is 229 g/mol. The van der Waals surface area contributed by atoms with Crippen LogP contribution in [0.25, 0.3) is 10.9 Å². The van der Waals surface area contributed by atoms with E-state index in [1.54, 1.807) is 18.2 Å². The number of hydrogen-bond donors (Lipinski definition) is 1. The number of carboxylic acids is 1. The lowest BCUT2D eigenvalue weighted by Gasteiger charge is -2.06. The van der Waals surface area contributed by atoms with Gasteiger partial charge in [-0.05, 0) is 30.5 Å². The number of aromatic nitrogens is 1. The van der Waals surface area contributed by atoms with Crippen LogP contribution < -0.4 is 0 Å². The van der Waals surface area contributed by atoms with E-state index < -0.39 is 5.97 Å². The third kappa shape index (κ3) is 2.61. The van der Waals surface area contributed by atoms with Gasteiger partial charge in [0.05, 0.1) is 11.1 Å². The highest BCUT2D eigenvalue weighted by Gasteiger charge is 2.06. The lowest BCUT2D eigenvalue weighted by atomic mass is 10.1. The Bertz CT molecular complexity index is 561. The molecule has 1 aromatic heterocycles. The Morgan fingerprint density at radius 1 is 1.29 bits per heavy atom. The van der Waals surface area contributed by atoms with Gasteiger partial charge in [-0.1, -0.05) is 26.0 Å². The van der Waals surface area contributed by atoms with Gasteiger partial charge in [-0.15, -0.1) is 0 Å². The molecule has 0 saturated heterocycles. The first-order valence-corrected chi connectivity index (χ1v) is 5.69. The van der Waals surface area contributed by atoms with Crippen molar-refractivity contribution in [3.05, 3.63) is 41.6 Å². The SMILES string of the molecule is CC(C)Cc1ccc2ccc(C(=O)O)cc2n1. The van der Waals surface area contributed by atoms with Crippen LogP contribution in [0.3, 0.4) is 0 Å². The molecular formula is C14H15NO2. The summed E-state index contributed by atoms with van der Waals surface area (Å²) in [6.45, 7) is 4.28. The summed E-state index contributed by atoms with van der Waals surface area (Å²) in [5, 5.41) is 9.91. The van der Waals surface area contributed by atoms with Gasteiger partial charge in [-0.25, -0.2) is 4.79 Å². The number of rotatable bonds is 3. The Morgan fingerprint density at radius 3 is 2.65 bits per heavy atom. The molecule has 0 spiro atoms. The molecule has 2 rings (SSSR count). The van der Waals surface area contributed by atoms with E-state index in [-0.39, 0.29) is 5.56 Å². The maximum atomic E-state index is 10.9. The second-order valence-electron chi connectivity index (χ2n) is 4.61. The van der Waals surface area contributed by atoms with Crippen LogP contribution in [0, 0.1) is 5.92 Å². The Kier molecular flexibility index (Phi) is 3.09. The van der Waals surface area contributed by atoms with Crippen LogP contribution in [-0.2, 0) is 6.42 Å². The lowest BCUT2D eigenvalue weighted by molar-refractivity contribution is 0.0697. The summed E-state index contributed by atoms with van der Waals surface area (Å²) in [4.78, 5) is 15.4. The molecule has 0 fully saturated rings. The van der Waals surface area contributed by atoms with Crippen LogP contribution >= 0.6 is 0 Å². The fourth-order valence-electron chi connectivity index (χ4n) is 1.82. The molecule has 1 aromatic carbocycles. The van der Waals surface area contributed by atoms with E-state index in [1.807, 2.05) is 12.1 Å². The van der Waals surface area contributed by atoms with E-state index in [2.05, 4.69) is 18.8 Å². The summed E-state index contributed by atoms with van der Waals surface area (Å²) in [6.07, 6.45) is 0.910. The van der Waals surface area contributed by atoms with Gasteiger partial charge in [0, 0.05) is 11.1 Å². The molecule has 0 unspecified atom stereocenters. The predicted octanol–water partition coefficient (Wildman–Crippen LogP) is 3.13. The standard InChI is InChI=1S/C14H15NO2/c1-9(2)7-12-6-5-10-3-4-11(14(16)17)8-13(10)15-12/h3-6,8-9H,7H2,1-2H3,(H,16,17). The largest absolute Gasteiger partial charge is 0.478 e. The van der Waals surface area contributed by atoms with E-state index in [1.165, 1.54) is 0 Å². The Labute approximate surface area is 100 Å². The van der Waals surface area contributed by atoms with Crippen LogP contribution in [0.5, 0.6) is 0 Å².